The van der Waals surface area contributed by atoms with Crippen molar-refractivity contribution in [2.24, 2.45) is 0 Å². The van der Waals surface area contributed by atoms with Crippen LogP contribution in [0, 0.1) is 0 Å². The lowest BCUT2D eigenvalue weighted by molar-refractivity contribution is 0.318. The smallest absolute Gasteiger partial charge is 0.211 e. The van der Waals surface area contributed by atoms with Crippen LogP contribution in [0.1, 0.15) is 36.4 Å². The van der Waals surface area contributed by atoms with Crippen molar-refractivity contribution in [1.82, 2.24) is 14.7 Å². The van der Waals surface area contributed by atoms with Gasteiger partial charge in [-0.25, -0.2) is 23.1 Å². The minimum atomic E-state index is -3.31. The second kappa shape index (κ2) is 8.61. The van der Waals surface area contributed by atoms with Crippen molar-refractivity contribution in [1.29, 1.82) is 0 Å². The largest absolute Gasteiger partial charge is 0.493 e. The number of pyridine rings is 1. The van der Waals surface area contributed by atoms with Crippen LogP contribution in [0.3, 0.4) is 0 Å². The molecular formula is C22H24ClN3O4S. The molecule has 0 amide bonds. The van der Waals surface area contributed by atoms with Gasteiger partial charge in [-0.1, -0.05) is 24.3 Å². The summed E-state index contributed by atoms with van der Waals surface area (Å²) in [6.45, 7) is 0. The number of hydrogen-bond acceptors (Lipinski definition) is 6. The summed E-state index contributed by atoms with van der Waals surface area (Å²) < 4.78 is 32.1. The molecule has 2 N–H and O–H groups in total. The molecule has 2 heterocycles. The maximum absolute atomic E-state index is 11.8. The Balaban J connectivity index is 1.66. The van der Waals surface area contributed by atoms with Crippen LogP contribution in [0.4, 0.5) is 0 Å². The first-order valence-electron chi connectivity index (χ1n) is 10.00. The number of nitrogens with zero attached hydrogens (tertiary/aromatic N) is 2. The van der Waals surface area contributed by atoms with Crippen LogP contribution in [-0.2, 0) is 27.7 Å². The molecular weight excluding hydrogens is 438 g/mol. The minimum Gasteiger partial charge on any atom is -0.493 e. The molecule has 164 valence electrons. The van der Waals surface area contributed by atoms with Gasteiger partial charge in [-0.3, -0.25) is 0 Å². The Labute approximate surface area is 186 Å². The first kappa shape index (κ1) is 21.8. The second-order valence-corrected chi connectivity index (χ2v) is 10.2. The molecule has 7 nitrogen and oxygen atoms in total. The average Bonchev–Trinajstić information content (AvgIpc) is 3.35. The highest BCUT2D eigenvalue weighted by molar-refractivity contribution is 7.88. The summed E-state index contributed by atoms with van der Waals surface area (Å²) in [7, 11) is -3.31. The lowest BCUT2D eigenvalue weighted by Gasteiger charge is -2.26. The minimum absolute atomic E-state index is 0.0294. The molecule has 1 aliphatic carbocycles. The monoisotopic (exact) mass is 461 g/mol. The van der Waals surface area contributed by atoms with Crippen LogP contribution in [0.2, 0.25) is 0 Å². The quantitative estimate of drug-likeness (QED) is 0.519. The molecule has 9 heteroatoms. The van der Waals surface area contributed by atoms with Crippen molar-refractivity contribution in [3.63, 3.8) is 0 Å². The predicted molar refractivity (Wildman–Crippen MR) is 118 cm³/mol. The van der Waals surface area contributed by atoms with Crippen LogP contribution < -0.4 is 4.72 Å². The van der Waals surface area contributed by atoms with Crippen molar-refractivity contribution >= 4 is 21.6 Å². The summed E-state index contributed by atoms with van der Waals surface area (Å²) in [4.78, 5) is 8.77. The van der Waals surface area contributed by atoms with Crippen LogP contribution in [0.25, 0.3) is 11.3 Å². The second-order valence-electron chi connectivity index (χ2n) is 8.15. The lowest BCUT2D eigenvalue weighted by atomic mass is 9.79. The predicted octanol–water partition coefficient (Wildman–Crippen LogP) is 3.76. The third kappa shape index (κ3) is 5.08. The number of rotatable bonds is 7. The van der Waals surface area contributed by atoms with E-state index in [0.29, 0.717) is 36.5 Å². The maximum Gasteiger partial charge on any atom is 0.211 e. The fraction of sp³-hybridized carbons (Fsp3) is 0.364. The van der Waals surface area contributed by atoms with E-state index in [2.05, 4.69) is 14.7 Å². The third-order valence-corrected chi connectivity index (χ3v) is 6.67. The highest BCUT2D eigenvalue weighted by Crippen LogP contribution is 2.44. The molecule has 31 heavy (non-hydrogen) atoms. The fourth-order valence-corrected chi connectivity index (χ4v) is 5.32. The third-order valence-electron chi connectivity index (χ3n) is 5.63. The van der Waals surface area contributed by atoms with Crippen LogP contribution in [-0.4, -0.2) is 35.8 Å². The first-order valence-corrected chi connectivity index (χ1v) is 12.4. The Morgan fingerprint density at radius 3 is 2.77 bits per heavy atom. The van der Waals surface area contributed by atoms with E-state index >= 15 is 0 Å². The van der Waals surface area contributed by atoms with Gasteiger partial charge in [-0.05, 0) is 43.4 Å². The summed E-state index contributed by atoms with van der Waals surface area (Å²) >= 11 is 5.93. The van der Waals surface area contributed by atoms with Crippen LogP contribution in [0.5, 0.6) is 5.88 Å². The number of oxazole rings is 1. The molecule has 0 bridgehead atoms. The molecule has 3 aromatic rings. The average molecular weight is 462 g/mol. The van der Waals surface area contributed by atoms with Crippen molar-refractivity contribution in [3.05, 3.63) is 65.9 Å². The number of sulfonamides is 1. The van der Waals surface area contributed by atoms with Gasteiger partial charge in [0.15, 0.2) is 0 Å². The lowest BCUT2D eigenvalue weighted by Crippen LogP contribution is -2.35. The highest BCUT2D eigenvalue weighted by atomic mass is 35.5. The summed E-state index contributed by atoms with van der Waals surface area (Å²) in [6.07, 6.45) is 5.38. The van der Waals surface area contributed by atoms with Gasteiger partial charge in [0.25, 0.3) is 0 Å². The molecule has 1 aromatic carbocycles. The van der Waals surface area contributed by atoms with E-state index in [1.807, 2.05) is 30.3 Å². The van der Waals surface area contributed by atoms with Gasteiger partial charge in [0.05, 0.1) is 28.9 Å². The van der Waals surface area contributed by atoms with E-state index in [9.17, 15) is 13.5 Å². The number of hydrogen-bond donors (Lipinski definition) is 2. The van der Waals surface area contributed by atoms with E-state index in [4.69, 9.17) is 16.0 Å². The molecule has 0 radical (unpaired) electrons. The number of aromatic hydroxyl groups is 1. The Morgan fingerprint density at radius 2 is 2.06 bits per heavy atom. The standard InChI is InChI=1S/C22H24ClN3O4S/c1-31(28,29)26-17-8-9-22(12-17,21-24-18(13-23)14-30-21)11-15-4-2-5-16(10-15)19-6-3-7-20(27)25-19/h2-7,10,14,17,26H,8-9,11-13H2,1H3,(H,25,27)/t17-,22+/m0/s1. The maximum atomic E-state index is 11.8. The van der Waals surface area contributed by atoms with Gasteiger partial charge < -0.3 is 9.52 Å². The van der Waals surface area contributed by atoms with Crippen LogP contribution >= 0.6 is 11.6 Å². The van der Waals surface area contributed by atoms with E-state index in [1.165, 1.54) is 12.3 Å². The fourth-order valence-electron chi connectivity index (χ4n) is 4.39. The van der Waals surface area contributed by atoms with Crippen LogP contribution in [0.15, 0.2) is 53.1 Å². The Bertz CT molecular complexity index is 1180. The van der Waals surface area contributed by atoms with E-state index in [0.717, 1.165) is 17.5 Å². The van der Waals surface area contributed by atoms with E-state index in [1.54, 1.807) is 12.3 Å². The number of alkyl halides is 1. The number of aromatic nitrogens is 2. The SMILES string of the molecule is CS(=O)(=O)N[C@H]1CC[C@](Cc2cccc(-c3cccc(O)n3)c2)(c2nc(CCl)co2)C1. The van der Waals surface area contributed by atoms with Gasteiger partial charge in [0.2, 0.25) is 21.8 Å². The van der Waals surface area contributed by atoms with Gasteiger partial charge in [0.1, 0.15) is 6.26 Å². The highest BCUT2D eigenvalue weighted by Gasteiger charge is 2.45. The zero-order chi connectivity index (χ0) is 22.1. The Kier molecular flexibility index (Phi) is 6.05. The van der Waals surface area contributed by atoms with Crippen molar-refractivity contribution < 1.29 is 17.9 Å². The van der Waals surface area contributed by atoms with Gasteiger partial charge in [-0.2, -0.15) is 0 Å². The van der Waals surface area contributed by atoms with Gasteiger partial charge in [0, 0.05) is 17.7 Å². The van der Waals surface area contributed by atoms with E-state index in [-0.39, 0.29) is 17.8 Å². The summed E-state index contributed by atoms with van der Waals surface area (Å²) in [5.74, 6) is 0.809. The number of benzene rings is 1. The molecule has 4 rings (SSSR count). The number of nitrogens with one attached hydrogen (secondary N) is 1. The molecule has 1 saturated carbocycles. The molecule has 2 atom stereocenters. The van der Waals surface area contributed by atoms with E-state index < -0.39 is 15.4 Å². The molecule has 2 aromatic heterocycles. The molecule has 1 aliphatic rings. The molecule has 1 fully saturated rings. The normalized spacial score (nSPS) is 21.4. The van der Waals surface area contributed by atoms with Crippen molar-refractivity contribution in [2.75, 3.05) is 6.26 Å². The topological polar surface area (TPSA) is 105 Å². The van der Waals surface area contributed by atoms with Gasteiger partial charge >= 0.3 is 0 Å². The molecule has 0 spiro atoms. The summed E-state index contributed by atoms with van der Waals surface area (Å²) in [6, 6.07) is 12.9. The summed E-state index contributed by atoms with van der Waals surface area (Å²) in [5.41, 5.74) is 2.83. The van der Waals surface area contributed by atoms with Gasteiger partial charge in [-0.15, -0.1) is 11.6 Å². The summed E-state index contributed by atoms with van der Waals surface area (Å²) in [5, 5.41) is 9.71. The Hall–Kier alpha value is -2.42. The Morgan fingerprint density at radius 1 is 1.26 bits per heavy atom. The zero-order valence-corrected chi connectivity index (χ0v) is 18.7. The molecule has 0 unspecified atom stereocenters. The number of halogens is 1. The zero-order valence-electron chi connectivity index (χ0n) is 17.1. The van der Waals surface area contributed by atoms with Crippen molar-refractivity contribution in [3.8, 4) is 17.1 Å². The van der Waals surface area contributed by atoms with Crippen molar-refractivity contribution in [2.45, 2.75) is 43.0 Å². The molecule has 0 aliphatic heterocycles. The molecule has 0 saturated heterocycles. The first-order chi connectivity index (χ1) is 14.8.